The Hall–Kier alpha value is -1.47. The molecule has 1 heterocycles. The van der Waals surface area contributed by atoms with Crippen LogP contribution in [0.15, 0.2) is 24.4 Å². The molecule has 7 heteroatoms. The highest BCUT2D eigenvalue weighted by atomic mass is 32.2. The number of carbonyl (C=O) groups excluding carboxylic acids is 1. The van der Waals surface area contributed by atoms with E-state index in [0.717, 1.165) is 4.31 Å². The molecule has 0 bridgehead atoms. The van der Waals surface area contributed by atoms with Gasteiger partial charge in [-0.2, -0.15) is 4.31 Å². The van der Waals surface area contributed by atoms with Crippen LogP contribution < -0.4 is 0 Å². The summed E-state index contributed by atoms with van der Waals surface area (Å²) in [7, 11) is -2.25. The molecule has 0 atom stereocenters. The van der Waals surface area contributed by atoms with Crippen molar-refractivity contribution in [2.24, 2.45) is 0 Å². The zero-order valence-corrected chi connectivity index (χ0v) is 11.9. The third kappa shape index (κ3) is 4.96. The van der Waals surface area contributed by atoms with Crippen molar-refractivity contribution in [3.8, 4) is 0 Å². The van der Waals surface area contributed by atoms with Gasteiger partial charge in [-0.05, 0) is 12.1 Å². The molecule has 0 unspecified atom stereocenters. The zero-order chi connectivity index (χ0) is 14.3. The predicted octanol–water partition coefficient (Wildman–Crippen LogP) is 0.449. The minimum absolute atomic E-state index is 0.0746. The fourth-order valence-corrected chi connectivity index (χ4v) is 2.94. The van der Waals surface area contributed by atoms with Crippen LogP contribution in [-0.2, 0) is 26.0 Å². The summed E-state index contributed by atoms with van der Waals surface area (Å²) < 4.78 is 29.7. The lowest BCUT2D eigenvalue weighted by molar-refractivity contribution is -0.140. The van der Waals surface area contributed by atoms with E-state index >= 15 is 0 Å². The third-order valence-corrected chi connectivity index (χ3v) is 4.52. The van der Waals surface area contributed by atoms with Gasteiger partial charge in [0.25, 0.3) is 0 Å². The Labute approximate surface area is 113 Å². The summed E-state index contributed by atoms with van der Waals surface area (Å²) >= 11 is 0. The maximum Gasteiger partial charge on any atom is 0.321 e. The zero-order valence-electron chi connectivity index (χ0n) is 11.1. The largest absolute Gasteiger partial charge is 0.468 e. The van der Waals surface area contributed by atoms with Gasteiger partial charge in [-0.25, -0.2) is 8.42 Å². The maximum absolute atomic E-state index is 12.1. The highest BCUT2D eigenvalue weighted by Crippen LogP contribution is 2.05. The van der Waals surface area contributed by atoms with Crippen molar-refractivity contribution in [2.75, 3.05) is 26.0 Å². The topological polar surface area (TPSA) is 76.6 Å². The van der Waals surface area contributed by atoms with Crippen LogP contribution >= 0.6 is 0 Å². The Bertz CT molecular complexity index is 502. The number of aromatic nitrogens is 1. The number of methoxy groups -OCH3 is 1. The first kappa shape index (κ1) is 15.6. The lowest BCUT2D eigenvalue weighted by atomic mass is 10.3. The summed E-state index contributed by atoms with van der Waals surface area (Å²) in [5.41, 5.74) is 0.709. The Morgan fingerprint density at radius 2 is 2.16 bits per heavy atom. The summed E-state index contributed by atoms with van der Waals surface area (Å²) in [6.07, 6.45) is 1.94. The minimum Gasteiger partial charge on any atom is -0.468 e. The SMILES string of the molecule is CCN(CC(=O)OC)S(=O)(=O)CCc1ccccn1. The van der Waals surface area contributed by atoms with E-state index in [0.29, 0.717) is 12.1 Å². The van der Waals surface area contributed by atoms with Crippen molar-refractivity contribution in [1.82, 2.24) is 9.29 Å². The van der Waals surface area contributed by atoms with Crippen LogP contribution in [-0.4, -0.2) is 49.6 Å². The molecule has 0 aliphatic rings. The number of sulfonamides is 1. The summed E-state index contributed by atoms with van der Waals surface area (Å²) in [5, 5.41) is 0. The molecule has 6 nitrogen and oxygen atoms in total. The first-order valence-corrected chi connectivity index (χ1v) is 7.55. The molecule has 1 aromatic rings. The molecule has 0 N–H and O–H groups in total. The van der Waals surface area contributed by atoms with Gasteiger partial charge in [0.2, 0.25) is 10.0 Å². The van der Waals surface area contributed by atoms with Crippen LogP contribution in [0.1, 0.15) is 12.6 Å². The van der Waals surface area contributed by atoms with E-state index < -0.39 is 16.0 Å². The predicted molar refractivity (Wildman–Crippen MR) is 71.0 cm³/mol. The van der Waals surface area contributed by atoms with Gasteiger partial charge in [-0.3, -0.25) is 9.78 Å². The number of carbonyl (C=O) groups is 1. The summed E-state index contributed by atoms with van der Waals surface area (Å²) in [6, 6.07) is 5.35. The fraction of sp³-hybridized carbons (Fsp3) is 0.500. The Morgan fingerprint density at radius 3 is 2.68 bits per heavy atom. The van der Waals surface area contributed by atoms with E-state index in [1.165, 1.54) is 7.11 Å². The van der Waals surface area contributed by atoms with Crippen LogP contribution in [0.2, 0.25) is 0 Å². The third-order valence-electron chi connectivity index (χ3n) is 2.62. The van der Waals surface area contributed by atoms with Crippen molar-refractivity contribution in [3.63, 3.8) is 0 Å². The van der Waals surface area contributed by atoms with Crippen LogP contribution in [0.25, 0.3) is 0 Å². The van der Waals surface area contributed by atoms with E-state index in [1.54, 1.807) is 31.3 Å². The molecule has 1 aromatic heterocycles. The second-order valence-corrected chi connectivity index (χ2v) is 5.98. The average Bonchev–Trinajstić information content (AvgIpc) is 2.43. The monoisotopic (exact) mass is 286 g/mol. The van der Waals surface area contributed by atoms with Gasteiger partial charge in [0, 0.05) is 24.9 Å². The first-order valence-electron chi connectivity index (χ1n) is 5.94. The van der Waals surface area contributed by atoms with Gasteiger partial charge in [0.1, 0.15) is 6.54 Å². The van der Waals surface area contributed by atoms with Gasteiger partial charge in [0.15, 0.2) is 0 Å². The van der Waals surface area contributed by atoms with Gasteiger partial charge >= 0.3 is 5.97 Å². The normalized spacial score (nSPS) is 11.5. The van der Waals surface area contributed by atoms with Gasteiger partial charge in [-0.1, -0.05) is 13.0 Å². The molecule has 106 valence electrons. The molecule has 1 rings (SSSR count). The molecule has 0 spiro atoms. The van der Waals surface area contributed by atoms with Crippen molar-refractivity contribution < 1.29 is 17.9 Å². The standard InChI is InChI=1S/C12H18N2O4S/c1-3-14(10-12(15)18-2)19(16,17)9-7-11-6-4-5-8-13-11/h4-6,8H,3,7,9-10H2,1-2H3. The summed E-state index contributed by atoms with van der Waals surface area (Å²) in [5.74, 6) is -0.641. The van der Waals surface area contributed by atoms with Crippen LogP contribution in [0, 0.1) is 0 Å². The highest BCUT2D eigenvalue weighted by Gasteiger charge is 2.23. The van der Waals surface area contributed by atoms with Gasteiger partial charge < -0.3 is 4.74 Å². The molecule has 0 aliphatic heterocycles. The number of ether oxygens (including phenoxy) is 1. The molecule has 0 saturated heterocycles. The molecule has 0 radical (unpaired) electrons. The molecule has 0 saturated carbocycles. The fourth-order valence-electron chi connectivity index (χ4n) is 1.52. The number of aryl methyl sites for hydroxylation is 1. The molecule has 0 aliphatic carbocycles. The molecular weight excluding hydrogens is 268 g/mol. The number of rotatable bonds is 7. The number of nitrogens with zero attached hydrogens (tertiary/aromatic N) is 2. The number of hydrogen-bond donors (Lipinski definition) is 0. The van der Waals surface area contributed by atoms with E-state index in [2.05, 4.69) is 9.72 Å². The Morgan fingerprint density at radius 1 is 1.42 bits per heavy atom. The lowest BCUT2D eigenvalue weighted by Gasteiger charge is -2.18. The number of esters is 1. The van der Waals surface area contributed by atoms with E-state index in [1.807, 2.05) is 0 Å². The maximum atomic E-state index is 12.1. The van der Waals surface area contributed by atoms with Gasteiger partial charge in [0.05, 0.1) is 12.9 Å². The molecule has 0 amide bonds. The molecule has 0 fully saturated rings. The van der Waals surface area contributed by atoms with Crippen LogP contribution in [0.3, 0.4) is 0 Å². The van der Waals surface area contributed by atoms with Crippen molar-refractivity contribution in [1.29, 1.82) is 0 Å². The Balaban J connectivity index is 2.65. The van der Waals surface area contributed by atoms with Crippen molar-refractivity contribution >= 4 is 16.0 Å². The highest BCUT2D eigenvalue weighted by molar-refractivity contribution is 7.89. The molecule has 19 heavy (non-hydrogen) atoms. The molecular formula is C12H18N2O4S. The van der Waals surface area contributed by atoms with Crippen LogP contribution in [0.5, 0.6) is 0 Å². The number of pyridine rings is 1. The lowest BCUT2D eigenvalue weighted by Crippen LogP contribution is -2.38. The second kappa shape index (κ2) is 7.20. The van der Waals surface area contributed by atoms with E-state index in [9.17, 15) is 13.2 Å². The Kier molecular flexibility index (Phi) is 5.91. The summed E-state index contributed by atoms with van der Waals surface area (Å²) in [4.78, 5) is 15.2. The number of likely N-dealkylation sites (N-methyl/N-ethyl adjacent to an activating group) is 1. The first-order chi connectivity index (χ1) is 8.99. The number of hydrogen-bond acceptors (Lipinski definition) is 5. The van der Waals surface area contributed by atoms with E-state index in [4.69, 9.17) is 0 Å². The minimum atomic E-state index is -3.48. The second-order valence-electron chi connectivity index (χ2n) is 3.89. The smallest absolute Gasteiger partial charge is 0.321 e. The van der Waals surface area contributed by atoms with Crippen molar-refractivity contribution in [2.45, 2.75) is 13.3 Å². The van der Waals surface area contributed by atoms with Crippen molar-refractivity contribution in [3.05, 3.63) is 30.1 Å². The van der Waals surface area contributed by atoms with Gasteiger partial charge in [-0.15, -0.1) is 0 Å². The summed E-state index contributed by atoms with van der Waals surface area (Å²) in [6.45, 7) is 1.67. The van der Waals surface area contributed by atoms with E-state index in [-0.39, 0.29) is 18.8 Å². The molecule has 0 aromatic carbocycles. The van der Waals surface area contributed by atoms with Crippen LogP contribution in [0.4, 0.5) is 0 Å². The average molecular weight is 286 g/mol. The quantitative estimate of drug-likeness (QED) is 0.680.